The molecule has 0 aliphatic heterocycles. The maximum Gasteiger partial charge on any atom is 0.271 e. The number of nitrogens with one attached hydrogen (secondary N) is 1. The van der Waals surface area contributed by atoms with Crippen LogP contribution in [-0.4, -0.2) is 18.2 Å². The molecule has 1 amide bonds. The molecule has 120 valence electrons. The molecule has 0 spiro atoms. The minimum atomic E-state index is -0.240. The van der Waals surface area contributed by atoms with Crippen LogP contribution in [0.2, 0.25) is 0 Å². The van der Waals surface area contributed by atoms with Crippen LogP contribution in [0.1, 0.15) is 40.9 Å². The summed E-state index contributed by atoms with van der Waals surface area (Å²) in [7, 11) is 0. The molecule has 0 aliphatic rings. The van der Waals surface area contributed by atoms with Crippen LogP contribution in [0.15, 0.2) is 47.6 Å². The fraction of sp³-hybridized carbons (Fsp3) is 0.263. The molecule has 2 aromatic carbocycles. The molecule has 0 fully saturated rings. The molecule has 23 heavy (non-hydrogen) atoms. The van der Waals surface area contributed by atoms with Crippen LogP contribution in [-0.2, 0) is 0 Å². The van der Waals surface area contributed by atoms with Gasteiger partial charge >= 0.3 is 0 Å². The van der Waals surface area contributed by atoms with Gasteiger partial charge in [0.2, 0.25) is 0 Å². The molecule has 4 heteroatoms. The Labute approximate surface area is 137 Å². The largest absolute Gasteiger partial charge is 0.494 e. The third-order valence-electron chi connectivity index (χ3n) is 3.68. The van der Waals surface area contributed by atoms with Crippen molar-refractivity contribution in [2.24, 2.45) is 5.10 Å². The molecule has 2 aromatic rings. The van der Waals surface area contributed by atoms with Crippen molar-refractivity contribution in [2.75, 3.05) is 6.61 Å². The summed E-state index contributed by atoms with van der Waals surface area (Å²) in [6, 6.07) is 13.1. The smallest absolute Gasteiger partial charge is 0.271 e. The predicted octanol–water partition coefficient (Wildman–Crippen LogP) is 3.86. The number of carbonyl (C=O) groups is 1. The number of ether oxygens (including phenoxy) is 1. The molecule has 0 unspecified atom stereocenters. The summed E-state index contributed by atoms with van der Waals surface area (Å²) >= 11 is 0. The van der Waals surface area contributed by atoms with E-state index < -0.39 is 0 Å². The Bertz CT molecular complexity index is 719. The fourth-order valence-corrected chi connectivity index (χ4v) is 2.10. The zero-order valence-electron chi connectivity index (χ0n) is 14.0. The Morgan fingerprint density at radius 3 is 2.30 bits per heavy atom. The summed E-state index contributed by atoms with van der Waals surface area (Å²) in [5.41, 5.74) is 7.35. The van der Waals surface area contributed by atoms with E-state index in [4.69, 9.17) is 4.74 Å². The number of amides is 1. The summed E-state index contributed by atoms with van der Waals surface area (Å²) in [4.78, 5) is 12.1. The highest BCUT2D eigenvalue weighted by atomic mass is 16.5. The Morgan fingerprint density at radius 2 is 1.70 bits per heavy atom. The maximum atomic E-state index is 12.1. The molecule has 0 saturated heterocycles. The van der Waals surface area contributed by atoms with Crippen molar-refractivity contribution >= 4 is 11.6 Å². The van der Waals surface area contributed by atoms with Gasteiger partial charge in [0.15, 0.2) is 0 Å². The van der Waals surface area contributed by atoms with E-state index in [1.165, 1.54) is 11.1 Å². The first-order valence-corrected chi connectivity index (χ1v) is 7.66. The van der Waals surface area contributed by atoms with Gasteiger partial charge in [0, 0.05) is 5.56 Å². The van der Waals surface area contributed by atoms with Gasteiger partial charge < -0.3 is 4.74 Å². The van der Waals surface area contributed by atoms with Gasteiger partial charge in [0.05, 0.1) is 12.3 Å². The van der Waals surface area contributed by atoms with Gasteiger partial charge in [-0.2, -0.15) is 5.10 Å². The number of aryl methyl sites for hydroxylation is 2. The second-order valence-electron chi connectivity index (χ2n) is 5.39. The molecule has 0 heterocycles. The van der Waals surface area contributed by atoms with E-state index in [9.17, 15) is 4.79 Å². The number of nitrogens with zero attached hydrogens (tertiary/aromatic N) is 1. The van der Waals surface area contributed by atoms with Crippen LogP contribution in [0.4, 0.5) is 0 Å². The van der Waals surface area contributed by atoms with Crippen molar-refractivity contribution in [1.82, 2.24) is 5.43 Å². The molecule has 2 rings (SSSR count). The lowest BCUT2D eigenvalue weighted by Crippen LogP contribution is -2.19. The van der Waals surface area contributed by atoms with Crippen molar-refractivity contribution in [2.45, 2.75) is 27.7 Å². The van der Waals surface area contributed by atoms with E-state index in [0.717, 1.165) is 17.0 Å². The average molecular weight is 310 g/mol. The number of hydrogen-bond acceptors (Lipinski definition) is 3. The molecule has 0 bridgehead atoms. The lowest BCUT2D eigenvalue weighted by atomic mass is 10.0. The van der Waals surface area contributed by atoms with E-state index in [2.05, 4.69) is 36.5 Å². The Morgan fingerprint density at radius 1 is 1.04 bits per heavy atom. The first kappa shape index (κ1) is 16.7. The standard InChI is InChI=1S/C19H22N2O2/c1-5-23-18-10-8-16(9-11-18)19(22)21-20-15(4)17-7-6-13(2)14(3)12-17/h6-12H,5H2,1-4H3,(H,21,22). The summed E-state index contributed by atoms with van der Waals surface area (Å²) in [6.45, 7) is 8.53. The predicted molar refractivity (Wildman–Crippen MR) is 93.2 cm³/mol. The molecular weight excluding hydrogens is 288 g/mol. The molecular formula is C19H22N2O2. The lowest BCUT2D eigenvalue weighted by Gasteiger charge is -2.06. The number of hydrogen-bond donors (Lipinski definition) is 1. The number of carbonyl (C=O) groups excluding carboxylic acids is 1. The van der Waals surface area contributed by atoms with Gasteiger partial charge in [-0.25, -0.2) is 5.43 Å². The summed E-state index contributed by atoms with van der Waals surface area (Å²) in [6.07, 6.45) is 0. The quantitative estimate of drug-likeness (QED) is 0.673. The SMILES string of the molecule is CCOc1ccc(C(=O)NN=C(C)c2ccc(C)c(C)c2)cc1. The van der Waals surface area contributed by atoms with E-state index in [1.54, 1.807) is 24.3 Å². The average Bonchev–Trinajstić information content (AvgIpc) is 2.56. The van der Waals surface area contributed by atoms with Gasteiger partial charge in [0.1, 0.15) is 5.75 Å². The zero-order valence-corrected chi connectivity index (χ0v) is 14.0. The van der Waals surface area contributed by atoms with Crippen molar-refractivity contribution in [3.8, 4) is 5.75 Å². The van der Waals surface area contributed by atoms with E-state index in [0.29, 0.717) is 12.2 Å². The van der Waals surface area contributed by atoms with Crippen molar-refractivity contribution < 1.29 is 9.53 Å². The van der Waals surface area contributed by atoms with Crippen LogP contribution < -0.4 is 10.2 Å². The topological polar surface area (TPSA) is 50.7 Å². The van der Waals surface area contributed by atoms with Crippen LogP contribution in [0, 0.1) is 13.8 Å². The highest BCUT2D eigenvalue weighted by Gasteiger charge is 2.06. The molecule has 0 aromatic heterocycles. The molecule has 0 aliphatic carbocycles. The minimum Gasteiger partial charge on any atom is -0.494 e. The Hall–Kier alpha value is -2.62. The molecule has 4 nitrogen and oxygen atoms in total. The van der Waals surface area contributed by atoms with E-state index >= 15 is 0 Å². The number of rotatable bonds is 5. The molecule has 0 saturated carbocycles. The van der Waals surface area contributed by atoms with Crippen LogP contribution in [0.5, 0.6) is 5.75 Å². The van der Waals surface area contributed by atoms with E-state index in [-0.39, 0.29) is 5.91 Å². The first-order valence-electron chi connectivity index (χ1n) is 7.66. The van der Waals surface area contributed by atoms with Gasteiger partial charge in [-0.3, -0.25) is 4.79 Å². The van der Waals surface area contributed by atoms with Crippen LogP contribution in [0.25, 0.3) is 0 Å². The second-order valence-corrected chi connectivity index (χ2v) is 5.39. The molecule has 1 N–H and O–H groups in total. The monoisotopic (exact) mass is 310 g/mol. The summed E-state index contributed by atoms with van der Waals surface area (Å²) in [5.74, 6) is 0.509. The summed E-state index contributed by atoms with van der Waals surface area (Å²) < 4.78 is 5.36. The highest BCUT2D eigenvalue weighted by Crippen LogP contribution is 2.13. The highest BCUT2D eigenvalue weighted by molar-refractivity contribution is 6.01. The van der Waals surface area contributed by atoms with Crippen molar-refractivity contribution in [1.29, 1.82) is 0 Å². The normalized spacial score (nSPS) is 11.2. The molecule has 0 atom stereocenters. The van der Waals surface area contributed by atoms with Crippen molar-refractivity contribution in [3.05, 3.63) is 64.7 Å². The van der Waals surface area contributed by atoms with Gasteiger partial charge in [-0.1, -0.05) is 12.1 Å². The Balaban J connectivity index is 2.05. The van der Waals surface area contributed by atoms with Crippen molar-refractivity contribution in [3.63, 3.8) is 0 Å². The third kappa shape index (κ3) is 4.42. The number of hydrazone groups is 1. The van der Waals surface area contributed by atoms with E-state index in [1.807, 2.05) is 19.9 Å². The number of benzene rings is 2. The lowest BCUT2D eigenvalue weighted by molar-refractivity contribution is 0.0955. The van der Waals surface area contributed by atoms with Crippen LogP contribution in [0.3, 0.4) is 0 Å². The van der Waals surface area contributed by atoms with Gasteiger partial charge in [-0.15, -0.1) is 0 Å². The van der Waals surface area contributed by atoms with Crippen LogP contribution >= 0.6 is 0 Å². The minimum absolute atomic E-state index is 0.240. The summed E-state index contributed by atoms with van der Waals surface area (Å²) in [5, 5.41) is 4.19. The Kier molecular flexibility index (Phi) is 5.52. The maximum absolute atomic E-state index is 12.1. The second kappa shape index (κ2) is 7.58. The zero-order chi connectivity index (χ0) is 16.8. The fourth-order valence-electron chi connectivity index (χ4n) is 2.10. The van der Waals surface area contributed by atoms with Gasteiger partial charge in [0.25, 0.3) is 5.91 Å². The first-order chi connectivity index (χ1) is 11.0. The van der Waals surface area contributed by atoms with Gasteiger partial charge in [-0.05, 0) is 74.7 Å². The molecule has 0 radical (unpaired) electrons. The third-order valence-corrected chi connectivity index (χ3v) is 3.68.